The Morgan fingerprint density at radius 2 is 0.852 bits per heavy atom. The third kappa shape index (κ3) is 5.02. The van der Waals surface area contributed by atoms with Crippen LogP contribution in [0.3, 0.4) is 0 Å². The van der Waals surface area contributed by atoms with Crippen LogP contribution in [0, 0.1) is 13.8 Å². The molecule has 0 aliphatic carbocycles. The number of hydrogen-bond acceptors (Lipinski definition) is 4. The highest BCUT2D eigenvalue weighted by molar-refractivity contribution is 7.26. The van der Waals surface area contributed by atoms with E-state index in [0.29, 0.717) is 0 Å². The molecule has 0 fully saturated rings. The van der Waals surface area contributed by atoms with Gasteiger partial charge in [0.1, 0.15) is 0 Å². The second kappa shape index (κ2) is 12.4. The Balaban J connectivity index is 1.01. The van der Waals surface area contributed by atoms with Crippen molar-refractivity contribution < 1.29 is 0 Å². The zero-order chi connectivity index (χ0) is 35.9. The van der Waals surface area contributed by atoms with Gasteiger partial charge in [0.05, 0.1) is 0 Å². The summed E-state index contributed by atoms with van der Waals surface area (Å²) in [5.41, 5.74) is 11.2. The van der Waals surface area contributed by atoms with Gasteiger partial charge in [-0.05, 0) is 108 Å². The van der Waals surface area contributed by atoms with Gasteiger partial charge >= 0.3 is 0 Å². The van der Waals surface area contributed by atoms with E-state index in [1.54, 1.807) is 0 Å². The van der Waals surface area contributed by atoms with E-state index in [0.717, 1.165) is 17.1 Å². The van der Waals surface area contributed by atoms with Crippen molar-refractivity contribution in [3.63, 3.8) is 0 Å². The molecule has 0 radical (unpaired) electrons. The molecule has 3 heterocycles. The average molecular weight is 744 g/mol. The van der Waals surface area contributed by atoms with Gasteiger partial charge in [-0.15, -0.1) is 34.0 Å². The molecular formula is C50H33NS3. The molecule has 0 atom stereocenters. The Labute approximate surface area is 325 Å². The Kier molecular flexibility index (Phi) is 7.28. The first kappa shape index (κ1) is 31.7. The van der Waals surface area contributed by atoms with Crippen LogP contribution in [-0.4, -0.2) is 0 Å². The van der Waals surface area contributed by atoms with E-state index in [-0.39, 0.29) is 0 Å². The van der Waals surface area contributed by atoms with Crippen molar-refractivity contribution in [2.24, 2.45) is 0 Å². The van der Waals surface area contributed by atoms with Crippen LogP contribution in [0.1, 0.15) is 11.1 Å². The Morgan fingerprint density at radius 3 is 1.44 bits per heavy atom. The van der Waals surface area contributed by atoms with Gasteiger partial charge in [-0.25, -0.2) is 0 Å². The molecule has 3 aromatic heterocycles. The third-order valence-corrected chi connectivity index (χ3v) is 14.5. The molecule has 0 bridgehead atoms. The van der Waals surface area contributed by atoms with Crippen LogP contribution in [0.2, 0.25) is 0 Å². The van der Waals surface area contributed by atoms with Crippen molar-refractivity contribution in [1.29, 1.82) is 0 Å². The first-order valence-corrected chi connectivity index (χ1v) is 20.8. The Bertz CT molecular complexity index is 3140. The summed E-state index contributed by atoms with van der Waals surface area (Å²) in [6, 6.07) is 60.9. The average Bonchev–Trinajstić information content (AvgIpc) is 3.89. The largest absolute Gasteiger partial charge is 0.310 e. The molecule has 256 valence electrons. The van der Waals surface area contributed by atoms with E-state index in [1.165, 1.54) is 93.9 Å². The summed E-state index contributed by atoms with van der Waals surface area (Å²) in [6.07, 6.45) is 0. The lowest BCUT2D eigenvalue weighted by atomic mass is 9.92. The zero-order valence-corrected chi connectivity index (χ0v) is 32.2. The molecule has 4 heteroatoms. The summed E-state index contributed by atoms with van der Waals surface area (Å²) in [5, 5.41) is 7.91. The van der Waals surface area contributed by atoms with Gasteiger partial charge in [0.25, 0.3) is 0 Å². The number of benzene rings is 8. The molecule has 0 amide bonds. The highest BCUT2D eigenvalue weighted by Crippen LogP contribution is 2.45. The van der Waals surface area contributed by atoms with E-state index < -0.39 is 0 Å². The molecule has 11 aromatic rings. The SMILES string of the molecule is Cc1cc(-c2ccc(N(c3ccc4sc5ccccc5c4c3)c3ccc4sc5ccccc5c4c3)cc2)ccc1-c1c(C)ccc2c1sc1ccccc12. The highest BCUT2D eigenvalue weighted by Gasteiger charge is 2.18. The zero-order valence-electron chi connectivity index (χ0n) is 29.8. The first-order valence-electron chi connectivity index (χ1n) is 18.3. The van der Waals surface area contributed by atoms with Crippen molar-refractivity contribution in [3.8, 4) is 22.3 Å². The van der Waals surface area contributed by atoms with Crippen LogP contribution in [0.4, 0.5) is 17.1 Å². The fraction of sp³-hybridized carbons (Fsp3) is 0.0400. The number of thiophene rings is 3. The van der Waals surface area contributed by atoms with Gasteiger partial charge in [-0.2, -0.15) is 0 Å². The van der Waals surface area contributed by atoms with Gasteiger partial charge in [0.15, 0.2) is 0 Å². The van der Waals surface area contributed by atoms with E-state index >= 15 is 0 Å². The number of aryl methyl sites for hydroxylation is 2. The van der Waals surface area contributed by atoms with Crippen molar-refractivity contribution in [3.05, 3.63) is 175 Å². The molecule has 1 nitrogen and oxygen atoms in total. The molecule has 0 saturated carbocycles. The lowest BCUT2D eigenvalue weighted by Crippen LogP contribution is -2.09. The Morgan fingerprint density at radius 1 is 0.352 bits per heavy atom. The van der Waals surface area contributed by atoms with Crippen molar-refractivity contribution in [2.45, 2.75) is 13.8 Å². The molecule has 0 unspecified atom stereocenters. The van der Waals surface area contributed by atoms with Crippen LogP contribution in [0.15, 0.2) is 164 Å². The minimum Gasteiger partial charge on any atom is -0.310 e. The summed E-state index contributed by atoms with van der Waals surface area (Å²) >= 11 is 5.63. The van der Waals surface area contributed by atoms with Crippen molar-refractivity contribution in [1.82, 2.24) is 0 Å². The normalized spacial score (nSPS) is 11.9. The molecule has 8 aromatic carbocycles. The second-order valence-electron chi connectivity index (χ2n) is 14.2. The van der Waals surface area contributed by atoms with Crippen LogP contribution in [0.25, 0.3) is 82.8 Å². The van der Waals surface area contributed by atoms with Gasteiger partial charge < -0.3 is 4.90 Å². The minimum absolute atomic E-state index is 1.14. The fourth-order valence-electron chi connectivity index (χ4n) is 8.30. The smallest absolute Gasteiger partial charge is 0.0468 e. The molecule has 0 aliphatic heterocycles. The molecule has 0 N–H and O–H groups in total. The van der Waals surface area contributed by atoms with Crippen LogP contribution < -0.4 is 4.90 Å². The van der Waals surface area contributed by atoms with Crippen molar-refractivity contribution in [2.75, 3.05) is 4.90 Å². The number of nitrogens with zero attached hydrogens (tertiary/aromatic N) is 1. The minimum atomic E-state index is 1.14. The monoisotopic (exact) mass is 743 g/mol. The number of hydrogen-bond donors (Lipinski definition) is 0. The maximum atomic E-state index is 2.42. The van der Waals surface area contributed by atoms with E-state index in [2.05, 4.69) is 183 Å². The topological polar surface area (TPSA) is 3.24 Å². The van der Waals surface area contributed by atoms with E-state index in [9.17, 15) is 0 Å². The molecular weight excluding hydrogens is 711 g/mol. The van der Waals surface area contributed by atoms with Gasteiger partial charge in [-0.1, -0.05) is 97.1 Å². The van der Waals surface area contributed by atoms with Crippen LogP contribution in [0.5, 0.6) is 0 Å². The second-order valence-corrected chi connectivity index (χ2v) is 17.4. The van der Waals surface area contributed by atoms with Crippen LogP contribution >= 0.6 is 34.0 Å². The Hall–Kier alpha value is -5.78. The number of anilines is 3. The highest BCUT2D eigenvalue weighted by atomic mass is 32.1. The standard InChI is InChI=1S/C50H33NS3/c1-30-15-23-41-38-9-3-8-14-46(38)54-50(41)49(30)37-24-18-33(27-31(37)2)32-16-19-34(20-17-32)51(35-21-25-47-42(28-35)39-10-4-6-12-44(39)52-47)36-22-26-48-43(29-36)40-11-5-7-13-45(40)53-48/h3-29H,1-2H3. The third-order valence-electron chi connectivity index (χ3n) is 10.9. The van der Waals surface area contributed by atoms with Crippen LogP contribution in [-0.2, 0) is 0 Å². The number of fused-ring (bicyclic) bond motifs is 9. The van der Waals surface area contributed by atoms with Gasteiger partial charge in [0, 0.05) is 83.1 Å². The molecule has 0 spiro atoms. The lowest BCUT2D eigenvalue weighted by Gasteiger charge is -2.26. The quantitative estimate of drug-likeness (QED) is 0.170. The molecule has 0 saturated heterocycles. The summed E-state index contributed by atoms with van der Waals surface area (Å²) < 4.78 is 7.99. The lowest BCUT2D eigenvalue weighted by molar-refractivity contribution is 1.30. The van der Waals surface area contributed by atoms with E-state index in [4.69, 9.17) is 0 Å². The number of rotatable bonds is 5. The maximum absolute atomic E-state index is 2.42. The fourth-order valence-corrected chi connectivity index (χ4v) is 11.8. The summed E-state index contributed by atoms with van der Waals surface area (Å²) in [6.45, 7) is 4.50. The maximum Gasteiger partial charge on any atom is 0.0468 e. The molecule has 54 heavy (non-hydrogen) atoms. The predicted molar refractivity (Wildman–Crippen MR) is 240 cm³/mol. The molecule has 11 rings (SSSR count). The van der Waals surface area contributed by atoms with Gasteiger partial charge in [0.2, 0.25) is 0 Å². The summed E-state index contributed by atoms with van der Waals surface area (Å²) in [4.78, 5) is 2.42. The first-order chi connectivity index (χ1) is 26.6. The molecule has 0 aliphatic rings. The van der Waals surface area contributed by atoms with E-state index in [1.807, 2.05) is 34.0 Å². The predicted octanol–water partition coefficient (Wildman–Crippen LogP) is 16.2. The van der Waals surface area contributed by atoms with Crippen molar-refractivity contribution >= 4 is 112 Å². The summed E-state index contributed by atoms with van der Waals surface area (Å²) in [5.74, 6) is 0. The summed E-state index contributed by atoms with van der Waals surface area (Å²) in [7, 11) is 0. The van der Waals surface area contributed by atoms with Gasteiger partial charge in [-0.3, -0.25) is 0 Å².